The summed E-state index contributed by atoms with van der Waals surface area (Å²) >= 11 is 0. The number of rotatable bonds is 6. The number of nitrogens with two attached hydrogens (primary N) is 1. The van der Waals surface area contributed by atoms with Gasteiger partial charge in [-0.05, 0) is 50.6 Å². The molecule has 3 heteroatoms. The van der Waals surface area contributed by atoms with Gasteiger partial charge in [0.1, 0.15) is 5.82 Å². The van der Waals surface area contributed by atoms with Gasteiger partial charge >= 0.3 is 0 Å². The highest BCUT2D eigenvalue weighted by Gasteiger charge is 2.35. The molecule has 19 heavy (non-hydrogen) atoms. The topological polar surface area (TPSA) is 29.3 Å². The SMILES string of the molecule is CCN(CC)C(C)(CC)C(N)c1ccc(C)c(F)c1. The lowest BCUT2D eigenvalue weighted by molar-refractivity contribution is 0.0843. The van der Waals surface area contributed by atoms with Crippen LogP contribution in [0.25, 0.3) is 0 Å². The number of benzene rings is 1. The molecule has 0 spiro atoms. The van der Waals surface area contributed by atoms with Gasteiger partial charge in [0.05, 0.1) is 0 Å². The maximum Gasteiger partial charge on any atom is 0.126 e. The van der Waals surface area contributed by atoms with Crippen LogP contribution in [0.2, 0.25) is 0 Å². The minimum Gasteiger partial charge on any atom is -0.322 e. The van der Waals surface area contributed by atoms with Gasteiger partial charge in [0.2, 0.25) is 0 Å². The Bertz CT molecular complexity index is 415. The van der Waals surface area contributed by atoms with Crippen LogP contribution in [0.5, 0.6) is 0 Å². The summed E-state index contributed by atoms with van der Waals surface area (Å²) in [6, 6.07) is 5.15. The van der Waals surface area contributed by atoms with Crippen molar-refractivity contribution in [2.24, 2.45) is 5.73 Å². The maximum atomic E-state index is 13.7. The van der Waals surface area contributed by atoms with Crippen LogP contribution in [0.1, 0.15) is 51.3 Å². The van der Waals surface area contributed by atoms with Crippen molar-refractivity contribution in [3.05, 3.63) is 35.1 Å². The van der Waals surface area contributed by atoms with E-state index in [-0.39, 0.29) is 17.4 Å². The fraction of sp³-hybridized carbons (Fsp3) is 0.625. The van der Waals surface area contributed by atoms with E-state index in [0.29, 0.717) is 5.56 Å². The number of aryl methyl sites for hydroxylation is 1. The van der Waals surface area contributed by atoms with Crippen LogP contribution in [0, 0.1) is 12.7 Å². The van der Waals surface area contributed by atoms with Gasteiger partial charge in [-0.1, -0.05) is 32.9 Å². The third-order valence-corrected chi connectivity index (χ3v) is 4.43. The first-order chi connectivity index (χ1) is 8.90. The average Bonchev–Trinajstić information content (AvgIpc) is 2.42. The number of hydrogen-bond acceptors (Lipinski definition) is 2. The van der Waals surface area contributed by atoms with Crippen LogP contribution in [-0.4, -0.2) is 23.5 Å². The monoisotopic (exact) mass is 266 g/mol. The summed E-state index contributed by atoms with van der Waals surface area (Å²) in [5, 5.41) is 0. The van der Waals surface area contributed by atoms with Gasteiger partial charge in [-0.15, -0.1) is 0 Å². The fourth-order valence-electron chi connectivity index (χ4n) is 2.75. The molecular formula is C16H27FN2. The van der Waals surface area contributed by atoms with Gasteiger partial charge in [0.25, 0.3) is 0 Å². The van der Waals surface area contributed by atoms with Crippen molar-refractivity contribution >= 4 is 0 Å². The molecule has 2 N–H and O–H groups in total. The molecule has 0 aliphatic rings. The largest absolute Gasteiger partial charge is 0.322 e. The summed E-state index contributed by atoms with van der Waals surface area (Å²) in [6.45, 7) is 12.3. The van der Waals surface area contributed by atoms with Crippen LogP contribution in [0.3, 0.4) is 0 Å². The van der Waals surface area contributed by atoms with Gasteiger partial charge in [-0.3, -0.25) is 4.90 Å². The molecular weight excluding hydrogens is 239 g/mol. The molecule has 1 aromatic carbocycles. The summed E-state index contributed by atoms with van der Waals surface area (Å²) in [7, 11) is 0. The Kier molecular flexibility index (Phi) is 5.50. The Morgan fingerprint density at radius 1 is 1.26 bits per heavy atom. The van der Waals surface area contributed by atoms with Crippen molar-refractivity contribution in [3.63, 3.8) is 0 Å². The Balaban J connectivity index is 3.13. The highest BCUT2D eigenvalue weighted by molar-refractivity contribution is 5.28. The molecule has 0 aromatic heterocycles. The van der Waals surface area contributed by atoms with Crippen LogP contribution in [0.15, 0.2) is 18.2 Å². The number of nitrogens with zero attached hydrogens (tertiary/aromatic N) is 1. The zero-order valence-corrected chi connectivity index (χ0v) is 12.8. The standard InChI is InChI=1S/C16H27FN2/c1-6-16(5,19(7-2)8-3)15(18)13-10-9-12(4)14(17)11-13/h9-11,15H,6-8,18H2,1-5H3. The molecule has 0 saturated heterocycles. The average molecular weight is 266 g/mol. The first-order valence-corrected chi connectivity index (χ1v) is 7.17. The molecule has 1 rings (SSSR count). The van der Waals surface area contributed by atoms with Crippen molar-refractivity contribution in [2.45, 2.75) is 52.6 Å². The van der Waals surface area contributed by atoms with E-state index >= 15 is 0 Å². The summed E-state index contributed by atoms with van der Waals surface area (Å²) in [5.41, 5.74) is 7.84. The molecule has 0 fully saturated rings. The molecule has 1 aromatic rings. The fourth-order valence-corrected chi connectivity index (χ4v) is 2.75. The van der Waals surface area contributed by atoms with Crippen molar-refractivity contribution < 1.29 is 4.39 Å². The summed E-state index contributed by atoms with van der Waals surface area (Å²) in [4.78, 5) is 2.36. The molecule has 0 aliphatic carbocycles. The Hall–Kier alpha value is -0.930. The van der Waals surface area contributed by atoms with E-state index in [1.807, 2.05) is 12.1 Å². The predicted octanol–water partition coefficient (Wildman–Crippen LogP) is 3.64. The van der Waals surface area contributed by atoms with E-state index in [1.54, 1.807) is 13.0 Å². The third-order valence-electron chi connectivity index (χ3n) is 4.43. The lowest BCUT2D eigenvalue weighted by Crippen LogP contribution is -2.53. The zero-order chi connectivity index (χ0) is 14.6. The van der Waals surface area contributed by atoms with E-state index < -0.39 is 0 Å². The molecule has 2 unspecified atom stereocenters. The van der Waals surface area contributed by atoms with Gasteiger partial charge in [-0.25, -0.2) is 4.39 Å². The molecule has 2 nitrogen and oxygen atoms in total. The van der Waals surface area contributed by atoms with Crippen molar-refractivity contribution in [3.8, 4) is 0 Å². The Morgan fingerprint density at radius 3 is 2.26 bits per heavy atom. The van der Waals surface area contributed by atoms with E-state index in [2.05, 4.69) is 32.6 Å². The second-order valence-electron chi connectivity index (χ2n) is 5.37. The Morgan fingerprint density at radius 2 is 1.84 bits per heavy atom. The van der Waals surface area contributed by atoms with Gasteiger partial charge < -0.3 is 5.73 Å². The second kappa shape index (κ2) is 6.49. The molecule has 108 valence electrons. The summed E-state index contributed by atoms with van der Waals surface area (Å²) in [6.07, 6.45) is 0.936. The van der Waals surface area contributed by atoms with Crippen molar-refractivity contribution in [1.29, 1.82) is 0 Å². The van der Waals surface area contributed by atoms with Crippen molar-refractivity contribution in [1.82, 2.24) is 4.90 Å². The molecule has 0 amide bonds. The third kappa shape index (κ3) is 3.15. The van der Waals surface area contributed by atoms with E-state index in [9.17, 15) is 4.39 Å². The molecule has 0 radical (unpaired) electrons. The van der Waals surface area contributed by atoms with Gasteiger partial charge in [0, 0.05) is 11.6 Å². The minimum absolute atomic E-state index is 0.148. The normalized spacial score (nSPS) is 16.4. The molecule has 2 atom stereocenters. The van der Waals surface area contributed by atoms with E-state index in [0.717, 1.165) is 25.1 Å². The summed E-state index contributed by atoms with van der Waals surface area (Å²) < 4.78 is 13.7. The molecule has 0 aliphatic heterocycles. The first kappa shape index (κ1) is 16.1. The number of halogens is 1. The Labute approximate surface area is 116 Å². The van der Waals surface area contributed by atoms with Crippen LogP contribution in [0.4, 0.5) is 4.39 Å². The number of likely N-dealkylation sites (N-methyl/N-ethyl adjacent to an activating group) is 1. The molecule has 0 heterocycles. The highest BCUT2D eigenvalue weighted by atomic mass is 19.1. The lowest BCUT2D eigenvalue weighted by atomic mass is 9.83. The smallest absolute Gasteiger partial charge is 0.126 e. The first-order valence-electron chi connectivity index (χ1n) is 7.17. The van der Waals surface area contributed by atoms with Crippen LogP contribution in [-0.2, 0) is 0 Å². The minimum atomic E-state index is -0.188. The van der Waals surface area contributed by atoms with Crippen LogP contribution < -0.4 is 5.73 Å². The molecule has 0 saturated carbocycles. The quantitative estimate of drug-likeness (QED) is 0.851. The van der Waals surface area contributed by atoms with Gasteiger partial charge in [-0.2, -0.15) is 0 Å². The van der Waals surface area contributed by atoms with E-state index in [4.69, 9.17) is 5.73 Å². The lowest BCUT2D eigenvalue weighted by Gasteiger charge is -2.44. The highest BCUT2D eigenvalue weighted by Crippen LogP contribution is 2.32. The summed E-state index contributed by atoms with van der Waals surface area (Å²) in [5.74, 6) is -0.175. The van der Waals surface area contributed by atoms with Gasteiger partial charge in [0.15, 0.2) is 0 Å². The van der Waals surface area contributed by atoms with Crippen LogP contribution >= 0.6 is 0 Å². The zero-order valence-electron chi connectivity index (χ0n) is 12.8. The van der Waals surface area contributed by atoms with Crippen molar-refractivity contribution in [2.75, 3.05) is 13.1 Å². The second-order valence-corrected chi connectivity index (χ2v) is 5.37. The number of hydrogen-bond donors (Lipinski definition) is 1. The molecule has 0 bridgehead atoms. The van der Waals surface area contributed by atoms with E-state index in [1.165, 1.54) is 0 Å². The predicted molar refractivity (Wildman–Crippen MR) is 79.7 cm³/mol. The maximum absolute atomic E-state index is 13.7.